The summed E-state index contributed by atoms with van der Waals surface area (Å²) in [5, 5.41) is 7.59. The first-order valence-corrected chi connectivity index (χ1v) is 28.9. The second-order valence-corrected chi connectivity index (χ2v) is 27.5. The van der Waals surface area contributed by atoms with E-state index in [-0.39, 0.29) is 51.8 Å². The molecule has 7 aliphatic rings. The van der Waals surface area contributed by atoms with Crippen molar-refractivity contribution in [1.82, 2.24) is 30.6 Å². The molecule has 5 aliphatic heterocycles. The average molecular weight is 1140 g/mol. The molecule has 0 amide bonds. The SMILES string of the molecule is CC1(C)OB(B2OC(C)(C)C(C)(C)O2)OC1(C)C.COc1ccc(CNC2(C)CC3CN(c4ccc(B5OC(C)(C)C(C)(C)O5)cn4)CC3C2)cn1.COc1ccc(CNC2(C)CC3CN(c4ccc(Br)cn4)CC3C2)cn1. The summed E-state index contributed by atoms with van der Waals surface area (Å²) in [6.45, 7) is 35.3. The number of hydrogen-bond acceptors (Lipinski definition) is 16. The summed E-state index contributed by atoms with van der Waals surface area (Å²) in [5.74, 6) is 6.33. The molecule has 2 saturated carbocycles. The van der Waals surface area contributed by atoms with Gasteiger partial charge in [-0.1, -0.05) is 18.2 Å². The highest BCUT2D eigenvalue weighted by atomic mass is 79.9. The standard InChI is InChI=1S/C26H37BN4O3.C20H25BrN4O.C12H24B2O4/c1-24(2)25(3,4)34-27(33-24)21-8-9-22(28-15-21)31-16-19-11-26(5,12-20(19)17-31)30-14-18-7-10-23(32-6)29-13-18;1-20(24-10-14-3-6-19(26-2)23-9-14)7-15-12-25(13-16(15)8-20)18-5-4-17(21)11-22-18;1-9(2)10(3,4)16-13(15-9)14-17-11(5,6)12(7,8)18-14/h7-10,13,15,19-20,30H,11-12,14,16-17H2,1-6H3;3-6,9,11,15-16,24H,7-8,10,12-13H2,1-2H3;1-8H3. The van der Waals surface area contributed by atoms with Crippen molar-refractivity contribution in [2.45, 2.75) is 180 Å². The number of anilines is 2. The second-order valence-electron chi connectivity index (χ2n) is 26.5. The lowest BCUT2D eigenvalue weighted by molar-refractivity contribution is 0.00578. The summed E-state index contributed by atoms with van der Waals surface area (Å²) in [6.07, 6.45) is 12.4. The van der Waals surface area contributed by atoms with E-state index in [1.807, 2.05) is 92.3 Å². The largest absolute Gasteiger partial charge is 0.496 e. The third kappa shape index (κ3) is 12.8. The van der Waals surface area contributed by atoms with Crippen LogP contribution in [0.3, 0.4) is 0 Å². The van der Waals surface area contributed by atoms with Gasteiger partial charge in [0.1, 0.15) is 11.6 Å². The Kier molecular flexibility index (Phi) is 16.7. The number of rotatable bonds is 12. The van der Waals surface area contributed by atoms with Gasteiger partial charge in [0, 0.05) is 97.2 Å². The van der Waals surface area contributed by atoms with Crippen LogP contribution in [0.25, 0.3) is 0 Å². The molecule has 4 aromatic heterocycles. The number of aromatic nitrogens is 4. The Labute approximate surface area is 474 Å². The molecule has 78 heavy (non-hydrogen) atoms. The van der Waals surface area contributed by atoms with Crippen LogP contribution >= 0.6 is 15.9 Å². The zero-order valence-corrected chi connectivity index (χ0v) is 51.0. The normalized spacial score (nSPS) is 29.4. The molecule has 0 bridgehead atoms. The molecule has 16 nitrogen and oxygen atoms in total. The van der Waals surface area contributed by atoms with Gasteiger partial charge in [-0.15, -0.1) is 0 Å². The molecule has 4 atom stereocenters. The number of nitrogens with one attached hydrogen (secondary N) is 2. The molecular formula is C58H86B3BrN8O8. The van der Waals surface area contributed by atoms with Gasteiger partial charge >= 0.3 is 21.1 Å². The quantitative estimate of drug-likeness (QED) is 0.130. The van der Waals surface area contributed by atoms with E-state index in [1.165, 1.54) is 36.8 Å². The molecule has 422 valence electrons. The molecule has 4 aromatic rings. The number of halogens is 1. The maximum absolute atomic E-state index is 6.17. The minimum absolute atomic E-state index is 0.162. The van der Waals surface area contributed by atoms with Gasteiger partial charge in [-0.05, 0) is 192 Å². The summed E-state index contributed by atoms with van der Waals surface area (Å²) in [5.41, 5.74) is 1.61. The molecule has 20 heteroatoms. The Morgan fingerprint density at radius 3 is 1.14 bits per heavy atom. The molecule has 9 heterocycles. The van der Waals surface area contributed by atoms with Gasteiger partial charge in [-0.3, -0.25) is 0 Å². The molecular weight excluding hydrogens is 1050 g/mol. The van der Waals surface area contributed by atoms with Gasteiger partial charge in [0.15, 0.2) is 0 Å². The molecule has 0 radical (unpaired) electrons. The van der Waals surface area contributed by atoms with Crippen LogP contribution in [-0.4, -0.2) is 126 Å². The van der Waals surface area contributed by atoms with Crippen LogP contribution in [-0.2, 0) is 41.0 Å². The lowest BCUT2D eigenvalue weighted by Crippen LogP contribution is -2.41. The van der Waals surface area contributed by atoms with E-state index in [9.17, 15) is 0 Å². The van der Waals surface area contributed by atoms with Gasteiger partial charge in [0.05, 0.1) is 47.8 Å². The van der Waals surface area contributed by atoms with E-state index in [0.717, 1.165) is 72.7 Å². The molecule has 5 saturated heterocycles. The van der Waals surface area contributed by atoms with Crippen LogP contribution in [0, 0.1) is 23.7 Å². The van der Waals surface area contributed by atoms with Crippen molar-refractivity contribution in [3.63, 3.8) is 0 Å². The van der Waals surface area contributed by atoms with E-state index in [4.69, 9.17) is 42.4 Å². The van der Waals surface area contributed by atoms with Crippen molar-refractivity contribution >= 4 is 54.2 Å². The first kappa shape index (κ1) is 58.8. The molecule has 7 fully saturated rings. The Balaban J connectivity index is 0.000000149. The van der Waals surface area contributed by atoms with Crippen LogP contribution in [0.2, 0.25) is 0 Å². The molecule has 11 rings (SSSR count). The topological polar surface area (TPSA) is 156 Å². The number of methoxy groups -OCH3 is 2. The summed E-state index contributed by atoms with van der Waals surface area (Å²) in [7, 11) is 1.97. The predicted octanol–water partition coefficient (Wildman–Crippen LogP) is 9.07. The van der Waals surface area contributed by atoms with Gasteiger partial charge in [0.2, 0.25) is 11.8 Å². The van der Waals surface area contributed by atoms with Crippen LogP contribution in [0.15, 0.2) is 77.8 Å². The number of nitrogens with zero attached hydrogens (tertiary/aromatic N) is 6. The van der Waals surface area contributed by atoms with E-state index in [1.54, 1.807) is 14.2 Å². The Hall–Kier alpha value is -3.85. The van der Waals surface area contributed by atoms with E-state index in [2.05, 4.69) is 129 Å². The fourth-order valence-corrected chi connectivity index (χ4v) is 12.3. The third-order valence-electron chi connectivity index (χ3n) is 18.9. The number of ether oxygens (including phenoxy) is 2. The summed E-state index contributed by atoms with van der Waals surface area (Å²) in [6, 6.07) is 16.4. The highest BCUT2D eigenvalue weighted by Crippen LogP contribution is 2.47. The molecule has 2 aliphatic carbocycles. The van der Waals surface area contributed by atoms with Crippen LogP contribution in [0.5, 0.6) is 11.8 Å². The Morgan fingerprint density at radius 1 is 0.474 bits per heavy atom. The van der Waals surface area contributed by atoms with Gasteiger partial charge in [-0.25, -0.2) is 19.9 Å². The van der Waals surface area contributed by atoms with Crippen molar-refractivity contribution in [2.75, 3.05) is 50.2 Å². The lowest BCUT2D eigenvalue weighted by Gasteiger charge is -2.32. The van der Waals surface area contributed by atoms with Gasteiger partial charge in [-0.2, -0.15) is 0 Å². The van der Waals surface area contributed by atoms with Crippen molar-refractivity contribution in [3.8, 4) is 11.8 Å². The Morgan fingerprint density at radius 2 is 0.833 bits per heavy atom. The molecule has 4 unspecified atom stereocenters. The van der Waals surface area contributed by atoms with E-state index < -0.39 is 14.0 Å². The number of fused-ring (bicyclic) bond motifs is 2. The first-order chi connectivity index (χ1) is 36.5. The monoisotopic (exact) mass is 1130 g/mol. The van der Waals surface area contributed by atoms with Crippen molar-refractivity contribution in [2.24, 2.45) is 23.7 Å². The summed E-state index contributed by atoms with van der Waals surface area (Å²) in [4.78, 5) is 22.8. The van der Waals surface area contributed by atoms with Gasteiger partial charge in [0.25, 0.3) is 0 Å². The van der Waals surface area contributed by atoms with Crippen molar-refractivity contribution < 1.29 is 37.4 Å². The number of hydrogen-bond donors (Lipinski definition) is 2. The minimum atomic E-state index is -0.476. The maximum atomic E-state index is 6.17. The second kappa shape index (κ2) is 22.1. The fraction of sp³-hybridized carbons (Fsp3) is 0.655. The van der Waals surface area contributed by atoms with Crippen LogP contribution in [0.1, 0.15) is 134 Å². The van der Waals surface area contributed by atoms with E-state index >= 15 is 0 Å². The van der Waals surface area contributed by atoms with Crippen molar-refractivity contribution in [1.29, 1.82) is 0 Å². The van der Waals surface area contributed by atoms with Gasteiger partial charge < -0.3 is 57.8 Å². The highest BCUT2D eigenvalue weighted by molar-refractivity contribution is 9.10. The first-order valence-electron chi connectivity index (χ1n) is 28.1. The van der Waals surface area contributed by atoms with Crippen molar-refractivity contribution in [3.05, 3.63) is 88.9 Å². The zero-order valence-electron chi connectivity index (χ0n) is 49.4. The van der Waals surface area contributed by atoms with E-state index in [0.29, 0.717) is 23.6 Å². The molecule has 0 aromatic carbocycles. The smallest absolute Gasteiger partial charge is 0.481 e. The third-order valence-corrected chi connectivity index (χ3v) is 19.3. The van der Waals surface area contributed by atoms with Crippen LogP contribution in [0.4, 0.5) is 11.6 Å². The Bertz CT molecular complexity index is 2560. The maximum Gasteiger partial charge on any atom is 0.496 e. The molecule has 0 spiro atoms. The molecule has 2 N–H and O–H groups in total. The number of pyridine rings is 4. The highest BCUT2D eigenvalue weighted by Gasteiger charge is 2.64. The minimum Gasteiger partial charge on any atom is -0.481 e. The zero-order chi connectivity index (χ0) is 56.3. The average Bonchev–Trinajstić information content (AvgIpc) is 4.30. The fourth-order valence-electron chi connectivity index (χ4n) is 12.1. The van der Waals surface area contributed by atoms with Crippen LogP contribution < -0.4 is 35.4 Å². The summed E-state index contributed by atoms with van der Waals surface area (Å²) >= 11 is 3.46. The lowest BCUT2D eigenvalue weighted by atomic mass is 9.49. The predicted molar refractivity (Wildman–Crippen MR) is 313 cm³/mol. The summed E-state index contributed by atoms with van der Waals surface area (Å²) < 4.78 is 47.5.